The molecule has 1 atom stereocenters. The molecule has 6 nitrogen and oxygen atoms in total. The molecule has 0 spiro atoms. The molecule has 2 heterocycles. The predicted octanol–water partition coefficient (Wildman–Crippen LogP) is 2.69. The molecule has 0 aliphatic rings. The number of nitrogens with zero attached hydrogens (tertiary/aromatic N) is 3. The summed E-state index contributed by atoms with van der Waals surface area (Å²) >= 11 is 0. The van der Waals surface area contributed by atoms with Crippen molar-refractivity contribution in [1.29, 1.82) is 0 Å². The molecule has 3 N–H and O–H groups in total. The SMILES string of the molecule is C[C@H](CO)Oc1ncccc1-c1ccc(-c2cnc(N)nc2)c(F)c1. The summed E-state index contributed by atoms with van der Waals surface area (Å²) in [5.74, 6) is 0.0545. The van der Waals surface area contributed by atoms with Crippen LogP contribution in [0.4, 0.5) is 10.3 Å². The summed E-state index contributed by atoms with van der Waals surface area (Å²) in [6, 6.07) is 8.34. The number of ether oxygens (including phenoxy) is 1. The van der Waals surface area contributed by atoms with Crippen LogP contribution in [0.1, 0.15) is 6.92 Å². The number of rotatable bonds is 5. The van der Waals surface area contributed by atoms with Crippen molar-refractivity contribution in [2.24, 2.45) is 0 Å². The average molecular weight is 340 g/mol. The van der Waals surface area contributed by atoms with Gasteiger partial charge in [0.1, 0.15) is 11.9 Å². The molecule has 25 heavy (non-hydrogen) atoms. The Morgan fingerprint density at radius 1 is 1.12 bits per heavy atom. The third-order valence-corrected chi connectivity index (χ3v) is 3.60. The average Bonchev–Trinajstić information content (AvgIpc) is 2.63. The number of aliphatic hydroxyl groups is 1. The number of nitrogens with two attached hydrogens (primary N) is 1. The van der Waals surface area contributed by atoms with Crippen LogP contribution in [0.2, 0.25) is 0 Å². The second-order valence-corrected chi connectivity index (χ2v) is 5.49. The van der Waals surface area contributed by atoms with Gasteiger partial charge in [0.05, 0.1) is 6.61 Å². The zero-order valence-electron chi connectivity index (χ0n) is 13.6. The number of pyridine rings is 1. The topological polar surface area (TPSA) is 94.2 Å². The minimum atomic E-state index is -0.420. The van der Waals surface area contributed by atoms with E-state index in [1.165, 1.54) is 18.5 Å². The highest BCUT2D eigenvalue weighted by Gasteiger charge is 2.13. The lowest BCUT2D eigenvalue weighted by atomic mass is 10.0. The second kappa shape index (κ2) is 7.23. The van der Waals surface area contributed by atoms with Gasteiger partial charge in [-0.1, -0.05) is 12.1 Å². The number of aromatic nitrogens is 3. The van der Waals surface area contributed by atoms with Crippen LogP contribution in [0.3, 0.4) is 0 Å². The fourth-order valence-electron chi connectivity index (χ4n) is 2.33. The van der Waals surface area contributed by atoms with Gasteiger partial charge in [-0.15, -0.1) is 0 Å². The Morgan fingerprint density at radius 2 is 1.88 bits per heavy atom. The van der Waals surface area contributed by atoms with Crippen LogP contribution < -0.4 is 10.5 Å². The van der Waals surface area contributed by atoms with Gasteiger partial charge >= 0.3 is 0 Å². The summed E-state index contributed by atoms with van der Waals surface area (Å²) in [7, 11) is 0. The molecular formula is C18H17FN4O2. The van der Waals surface area contributed by atoms with Crippen molar-refractivity contribution in [3.8, 4) is 28.1 Å². The fourth-order valence-corrected chi connectivity index (χ4v) is 2.33. The van der Waals surface area contributed by atoms with E-state index in [-0.39, 0.29) is 12.6 Å². The molecule has 3 aromatic rings. The number of hydrogen-bond acceptors (Lipinski definition) is 6. The van der Waals surface area contributed by atoms with Crippen LogP contribution in [-0.2, 0) is 0 Å². The molecule has 2 aromatic heterocycles. The summed E-state index contributed by atoms with van der Waals surface area (Å²) in [6.07, 6.45) is 4.12. The maximum absolute atomic E-state index is 14.6. The first-order chi connectivity index (χ1) is 12.1. The maximum Gasteiger partial charge on any atom is 0.221 e. The number of aliphatic hydroxyl groups excluding tert-OH is 1. The second-order valence-electron chi connectivity index (χ2n) is 5.49. The largest absolute Gasteiger partial charge is 0.472 e. The molecule has 0 amide bonds. The van der Waals surface area contributed by atoms with E-state index in [1.54, 1.807) is 37.4 Å². The van der Waals surface area contributed by atoms with E-state index < -0.39 is 11.9 Å². The predicted molar refractivity (Wildman–Crippen MR) is 92.2 cm³/mol. The summed E-state index contributed by atoms with van der Waals surface area (Å²) < 4.78 is 20.2. The molecule has 1 aromatic carbocycles. The van der Waals surface area contributed by atoms with Gasteiger partial charge in [-0.3, -0.25) is 0 Å². The van der Waals surface area contributed by atoms with Crippen LogP contribution >= 0.6 is 0 Å². The summed E-state index contributed by atoms with van der Waals surface area (Å²) in [6.45, 7) is 1.59. The summed E-state index contributed by atoms with van der Waals surface area (Å²) in [4.78, 5) is 11.9. The summed E-state index contributed by atoms with van der Waals surface area (Å²) in [5.41, 5.74) is 7.62. The molecule has 0 saturated carbocycles. The quantitative estimate of drug-likeness (QED) is 0.741. The smallest absolute Gasteiger partial charge is 0.221 e. The molecule has 0 bridgehead atoms. The van der Waals surface area contributed by atoms with E-state index in [0.29, 0.717) is 28.1 Å². The standard InChI is InChI=1S/C18H17FN4O2/c1-11(10-24)25-17-15(3-2-6-21-17)12-4-5-14(16(19)7-12)13-8-22-18(20)23-9-13/h2-9,11,24H,10H2,1H3,(H2,20,22,23)/t11-/m1/s1. The minimum Gasteiger partial charge on any atom is -0.472 e. The van der Waals surface area contributed by atoms with Crippen molar-refractivity contribution in [1.82, 2.24) is 15.0 Å². The molecule has 0 saturated heterocycles. The third-order valence-electron chi connectivity index (χ3n) is 3.60. The maximum atomic E-state index is 14.6. The van der Waals surface area contributed by atoms with Gasteiger partial charge in [-0.05, 0) is 30.7 Å². The van der Waals surface area contributed by atoms with Crippen LogP contribution in [-0.4, -0.2) is 32.8 Å². The number of anilines is 1. The van der Waals surface area contributed by atoms with Gasteiger partial charge in [0.15, 0.2) is 0 Å². The highest BCUT2D eigenvalue weighted by atomic mass is 19.1. The number of benzene rings is 1. The first kappa shape index (κ1) is 16.8. The number of hydrogen-bond donors (Lipinski definition) is 2. The Kier molecular flexibility index (Phi) is 4.85. The monoisotopic (exact) mass is 340 g/mol. The molecule has 0 fully saturated rings. The van der Waals surface area contributed by atoms with Gasteiger partial charge in [-0.2, -0.15) is 0 Å². The van der Waals surface area contributed by atoms with Crippen LogP contribution in [0.25, 0.3) is 22.3 Å². The van der Waals surface area contributed by atoms with Gasteiger partial charge in [0.25, 0.3) is 0 Å². The Hall–Kier alpha value is -3.06. The van der Waals surface area contributed by atoms with E-state index in [9.17, 15) is 4.39 Å². The van der Waals surface area contributed by atoms with Crippen molar-refractivity contribution >= 4 is 5.95 Å². The molecule has 0 unspecified atom stereocenters. The van der Waals surface area contributed by atoms with Gasteiger partial charge in [-0.25, -0.2) is 19.3 Å². The highest BCUT2D eigenvalue weighted by molar-refractivity contribution is 5.73. The summed E-state index contributed by atoms with van der Waals surface area (Å²) in [5, 5.41) is 9.15. The fraction of sp³-hybridized carbons (Fsp3) is 0.167. The Labute approximate surface area is 144 Å². The number of halogens is 1. The molecule has 128 valence electrons. The highest BCUT2D eigenvalue weighted by Crippen LogP contribution is 2.32. The van der Waals surface area contributed by atoms with Crippen LogP contribution in [0, 0.1) is 5.82 Å². The lowest BCUT2D eigenvalue weighted by Gasteiger charge is -2.15. The van der Waals surface area contributed by atoms with Gasteiger partial charge < -0.3 is 15.6 Å². The lowest BCUT2D eigenvalue weighted by molar-refractivity contribution is 0.126. The first-order valence-electron chi connectivity index (χ1n) is 7.69. The van der Waals surface area contributed by atoms with Crippen molar-refractivity contribution in [3.05, 3.63) is 54.7 Å². The Morgan fingerprint density at radius 3 is 2.56 bits per heavy atom. The zero-order valence-corrected chi connectivity index (χ0v) is 13.6. The van der Waals surface area contributed by atoms with E-state index in [0.717, 1.165) is 0 Å². The molecule has 0 aliphatic carbocycles. The Bertz CT molecular complexity index is 871. The van der Waals surface area contributed by atoms with E-state index in [1.807, 2.05) is 0 Å². The van der Waals surface area contributed by atoms with Gasteiger partial charge in [0.2, 0.25) is 11.8 Å². The van der Waals surface area contributed by atoms with E-state index in [4.69, 9.17) is 15.6 Å². The third kappa shape index (κ3) is 3.72. The normalized spacial score (nSPS) is 12.0. The lowest BCUT2D eigenvalue weighted by Crippen LogP contribution is -2.17. The number of nitrogen functional groups attached to an aromatic ring is 1. The molecule has 0 aliphatic heterocycles. The van der Waals surface area contributed by atoms with E-state index in [2.05, 4.69) is 15.0 Å². The zero-order chi connectivity index (χ0) is 17.8. The Balaban J connectivity index is 1.97. The van der Waals surface area contributed by atoms with Crippen molar-refractivity contribution < 1.29 is 14.2 Å². The molecule has 0 radical (unpaired) electrons. The van der Waals surface area contributed by atoms with Crippen molar-refractivity contribution in [2.75, 3.05) is 12.3 Å². The van der Waals surface area contributed by atoms with Crippen molar-refractivity contribution in [3.63, 3.8) is 0 Å². The molecular weight excluding hydrogens is 323 g/mol. The minimum absolute atomic E-state index is 0.135. The first-order valence-corrected chi connectivity index (χ1v) is 7.69. The van der Waals surface area contributed by atoms with Crippen LogP contribution in [0.5, 0.6) is 5.88 Å². The van der Waals surface area contributed by atoms with E-state index >= 15 is 0 Å². The van der Waals surface area contributed by atoms with Crippen molar-refractivity contribution in [2.45, 2.75) is 13.0 Å². The van der Waals surface area contributed by atoms with Crippen LogP contribution in [0.15, 0.2) is 48.9 Å². The van der Waals surface area contributed by atoms with Gasteiger partial charge in [0, 0.05) is 35.3 Å². The molecule has 7 heteroatoms. The molecule has 3 rings (SSSR count).